The van der Waals surface area contributed by atoms with Crippen molar-refractivity contribution < 1.29 is 9.90 Å². The summed E-state index contributed by atoms with van der Waals surface area (Å²) in [7, 11) is 0. The lowest BCUT2D eigenvalue weighted by Gasteiger charge is -2.09. The van der Waals surface area contributed by atoms with Crippen LogP contribution in [0, 0.1) is 0 Å². The van der Waals surface area contributed by atoms with Crippen LogP contribution in [0.3, 0.4) is 0 Å². The minimum atomic E-state index is -0.311. The minimum absolute atomic E-state index is 0.00685. The molecule has 104 valence electrons. The van der Waals surface area contributed by atoms with E-state index in [1.54, 1.807) is 30.3 Å². The normalized spacial score (nSPS) is 10.3. The van der Waals surface area contributed by atoms with E-state index in [0.717, 1.165) is 0 Å². The number of phenolic OH excluding ortho intramolecular Hbond substituents is 1. The average molecular weight is 311 g/mol. The van der Waals surface area contributed by atoms with Crippen LogP contribution < -0.4 is 11.1 Å². The molecular formula is C14H12Cl2N2O2. The van der Waals surface area contributed by atoms with Gasteiger partial charge in [-0.3, -0.25) is 4.79 Å². The first-order chi connectivity index (χ1) is 9.45. The van der Waals surface area contributed by atoms with Gasteiger partial charge in [-0.2, -0.15) is 0 Å². The Balaban J connectivity index is 2.11. The van der Waals surface area contributed by atoms with E-state index in [-0.39, 0.29) is 18.1 Å². The molecule has 0 fully saturated rings. The SMILES string of the molecule is Nc1ccc(NC(=O)Cc2cc(Cl)ccc2O)c(Cl)c1. The molecule has 0 spiro atoms. The number of carbonyl (C=O) groups is 1. The van der Waals surface area contributed by atoms with Gasteiger partial charge in [0.2, 0.25) is 5.91 Å². The third kappa shape index (κ3) is 3.56. The van der Waals surface area contributed by atoms with Crippen LogP contribution in [0.5, 0.6) is 5.75 Å². The number of hydrogen-bond donors (Lipinski definition) is 3. The lowest BCUT2D eigenvalue weighted by atomic mass is 10.1. The van der Waals surface area contributed by atoms with Crippen molar-refractivity contribution in [3.63, 3.8) is 0 Å². The number of phenols is 1. The van der Waals surface area contributed by atoms with E-state index in [9.17, 15) is 9.90 Å². The van der Waals surface area contributed by atoms with Crippen LogP contribution in [-0.2, 0) is 11.2 Å². The van der Waals surface area contributed by atoms with E-state index in [4.69, 9.17) is 28.9 Å². The van der Waals surface area contributed by atoms with Crippen molar-refractivity contribution >= 4 is 40.5 Å². The van der Waals surface area contributed by atoms with Gasteiger partial charge in [0.05, 0.1) is 17.1 Å². The maximum atomic E-state index is 11.9. The Morgan fingerprint density at radius 3 is 2.65 bits per heavy atom. The van der Waals surface area contributed by atoms with Gasteiger partial charge in [-0.15, -0.1) is 0 Å². The van der Waals surface area contributed by atoms with Crippen molar-refractivity contribution in [3.05, 3.63) is 52.0 Å². The number of aromatic hydroxyl groups is 1. The zero-order chi connectivity index (χ0) is 14.7. The van der Waals surface area contributed by atoms with Crippen LogP contribution in [0.2, 0.25) is 10.0 Å². The Labute approximate surface area is 126 Å². The smallest absolute Gasteiger partial charge is 0.228 e. The lowest BCUT2D eigenvalue weighted by molar-refractivity contribution is -0.115. The Kier molecular flexibility index (Phi) is 4.37. The molecule has 0 aromatic heterocycles. The first-order valence-corrected chi connectivity index (χ1v) is 6.53. The molecule has 6 heteroatoms. The van der Waals surface area contributed by atoms with Gasteiger partial charge in [-0.25, -0.2) is 0 Å². The van der Waals surface area contributed by atoms with E-state index < -0.39 is 0 Å². The number of nitrogens with two attached hydrogens (primary N) is 1. The van der Waals surface area contributed by atoms with E-state index in [1.807, 2.05) is 0 Å². The molecule has 0 bridgehead atoms. The molecule has 4 nitrogen and oxygen atoms in total. The topological polar surface area (TPSA) is 75.3 Å². The van der Waals surface area contributed by atoms with Gasteiger partial charge in [0.25, 0.3) is 0 Å². The fraction of sp³-hybridized carbons (Fsp3) is 0.0714. The highest BCUT2D eigenvalue weighted by Gasteiger charge is 2.10. The Morgan fingerprint density at radius 2 is 1.95 bits per heavy atom. The second-order valence-corrected chi connectivity index (χ2v) is 5.08. The summed E-state index contributed by atoms with van der Waals surface area (Å²) in [6, 6.07) is 9.34. The quantitative estimate of drug-likeness (QED) is 0.760. The highest BCUT2D eigenvalue weighted by Crippen LogP contribution is 2.25. The molecule has 0 aliphatic heterocycles. The fourth-order valence-corrected chi connectivity index (χ4v) is 2.13. The Bertz CT molecular complexity index is 660. The predicted octanol–water partition coefficient (Wildman–Crippen LogP) is 3.46. The van der Waals surface area contributed by atoms with Crippen molar-refractivity contribution in [1.29, 1.82) is 0 Å². The number of benzene rings is 2. The van der Waals surface area contributed by atoms with Crippen molar-refractivity contribution in [1.82, 2.24) is 0 Å². The summed E-state index contributed by atoms with van der Waals surface area (Å²) >= 11 is 11.8. The monoisotopic (exact) mass is 310 g/mol. The number of carbonyl (C=O) groups excluding carboxylic acids is 1. The summed E-state index contributed by atoms with van der Waals surface area (Å²) < 4.78 is 0. The van der Waals surface area contributed by atoms with Crippen LogP contribution in [0.25, 0.3) is 0 Å². The van der Waals surface area contributed by atoms with E-state index >= 15 is 0 Å². The number of amides is 1. The van der Waals surface area contributed by atoms with Gasteiger partial charge in [-0.1, -0.05) is 23.2 Å². The van der Waals surface area contributed by atoms with Crippen molar-refractivity contribution in [2.24, 2.45) is 0 Å². The second kappa shape index (κ2) is 6.03. The number of halogens is 2. The number of anilines is 2. The number of rotatable bonds is 3. The highest BCUT2D eigenvalue weighted by molar-refractivity contribution is 6.34. The second-order valence-electron chi connectivity index (χ2n) is 4.24. The molecule has 0 heterocycles. The zero-order valence-corrected chi connectivity index (χ0v) is 11.9. The largest absolute Gasteiger partial charge is 0.508 e. The number of hydrogen-bond acceptors (Lipinski definition) is 3. The van der Waals surface area contributed by atoms with Crippen molar-refractivity contribution in [2.45, 2.75) is 6.42 Å². The zero-order valence-electron chi connectivity index (χ0n) is 10.4. The summed E-state index contributed by atoms with van der Waals surface area (Å²) in [4.78, 5) is 11.9. The summed E-state index contributed by atoms with van der Waals surface area (Å²) in [5, 5.41) is 13.1. The van der Waals surface area contributed by atoms with Gasteiger partial charge in [0, 0.05) is 16.3 Å². The predicted molar refractivity (Wildman–Crippen MR) is 81.3 cm³/mol. The summed E-state index contributed by atoms with van der Waals surface area (Å²) in [5.41, 5.74) is 7.00. The molecule has 2 rings (SSSR count). The molecule has 4 N–H and O–H groups in total. The van der Waals surface area contributed by atoms with Gasteiger partial charge in [-0.05, 0) is 36.4 Å². The molecule has 0 saturated carbocycles. The number of nitrogens with one attached hydrogen (secondary N) is 1. The molecule has 0 aliphatic carbocycles. The molecule has 20 heavy (non-hydrogen) atoms. The lowest BCUT2D eigenvalue weighted by Crippen LogP contribution is -2.14. The van der Waals surface area contributed by atoms with Crippen LogP contribution in [-0.4, -0.2) is 11.0 Å². The molecule has 0 saturated heterocycles. The highest BCUT2D eigenvalue weighted by atomic mass is 35.5. The van der Waals surface area contributed by atoms with Crippen LogP contribution >= 0.6 is 23.2 Å². The molecule has 0 aliphatic rings. The van der Waals surface area contributed by atoms with Gasteiger partial charge in [0.15, 0.2) is 0 Å². The van der Waals surface area contributed by atoms with Gasteiger partial charge >= 0.3 is 0 Å². The Hall–Kier alpha value is -1.91. The average Bonchev–Trinajstić information content (AvgIpc) is 2.37. The maximum Gasteiger partial charge on any atom is 0.228 e. The molecule has 0 atom stereocenters. The van der Waals surface area contributed by atoms with Crippen LogP contribution in [0.4, 0.5) is 11.4 Å². The first kappa shape index (κ1) is 14.5. The van der Waals surface area contributed by atoms with Crippen molar-refractivity contribution in [3.8, 4) is 5.75 Å². The van der Waals surface area contributed by atoms with Gasteiger partial charge < -0.3 is 16.2 Å². The fourth-order valence-electron chi connectivity index (χ4n) is 1.70. The van der Waals surface area contributed by atoms with Crippen molar-refractivity contribution in [2.75, 3.05) is 11.1 Å². The standard InChI is InChI=1S/C14H12Cl2N2O2/c15-9-1-4-13(19)8(5-9)6-14(20)18-12-3-2-10(17)7-11(12)16/h1-5,7,19H,6,17H2,(H,18,20). The third-order valence-electron chi connectivity index (χ3n) is 2.66. The van der Waals surface area contributed by atoms with Crippen LogP contribution in [0.1, 0.15) is 5.56 Å². The molecular weight excluding hydrogens is 299 g/mol. The maximum absolute atomic E-state index is 11.9. The molecule has 0 unspecified atom stereocenters. The number of nitrogen functional groups attached to an aromatic ring is 1. The first-order valence-electron chi connectivity index (χ1n) is 5.78. The molecule has 2 aromatic carbocycles. The summed E-state index contributed by atoms with van der Waals surface area (Å²) in [6.07, 6.45) is -0.00685. The molecule has 2 aromatic rings. The van der Waals surface area contributed by atoms with E-state index in [2.05, 4.69) is 5.32 Å². The van der Waals surface area contributed by atoms with E-state index in [0.29, 0.717) is 27.0 Å². The molecule has 1 amide bonds. The summed E-state index contributed by atoms with van der Waals surface area (Å²) in [6.45, 7) is 0. The van der Waals surface area contributed by atoms with Crippen LogP contribution in [0.15, 0.2) is 36.4 Å². The third-order valence-corrected chi connectivity index (χ3v) is 3.21. The Morgan fingerprint density at radius 1 is 1.20 bits per heavy atom. The van der Waals surface area contributed by atoms with Gasteiger partial charge in [0.1, 0.15) is 5.75 Å². The minimum Gasteiger partial charge on any atom is -0.508 e. The summed E-state index contributed by atoms with van der Waals surface area (Å²) in [5.74, 6) is -0.290. The van der Waals surface area contributed by atoms with E-state index in [1.165, 1.54) is 6.07 Å². The molecule has 0 radical (unpaired) electrons.